The molecule has 0 aromatic heterocycles. The van der Waals surface area contributed by atoms with Gasteiger partial charge < -0.3 is 15.2 Å². The third-order valence-electron chi connectivity index (χ3n) is 2.39. The van der Waals surface area contributed by atoms with E-state index in [1.807, 2.05) is 36.0 Å². The Morgan fingerprint density at radius 2 is 2.00 bits per heavy atom. The lowest BCUT2D eigenvalue weighted by Gasteiger charge is -2.12. The average Bonchev–Trinajstić information content (AvgIpc) is 2.35. The summed E-state index contributed by atoms with van der Waals surface area (Å²) < 4.78 is 10.9. The predicted octanol–water partition coefficient (Wildman–Crippen LogP) is 2.54. The van der Waals surface area contributed by atoms with Crippen LogP contribution in [0.25, 0.3) is 0 Å². The van der Waals surface area contributed by atoms with Gasteiger partial charge in [-0.3, -0.25) is 0 Å². The van der Waals surface area contributed by atoms with E-state index in [4.69, 9.17) is 15.2 Å². The molecule has 1 aromatic rings. The zero-order valence-electron chi connectivity index (χ0n) is 10.5. The Labute approximate surface area is 108 Å². The van der Waals surface area contributed by atoms with E-state index < -0.39 is 0 Å². The van der Waals surface area contributed by atoms with Crippen LogP contribution in [-0.4, -0.2) is 31.3 Å². The maximum absolute atomic E-state index is 5.68. The lowest BCUT2D eigenvalue weighted by molar-refractivity contribution is 0.313. The molecule has 17 heavy (non-hydrogen) atoms. The molecule has 3 nitrogen and oxygen atoms in total. The van der Waals surface area contributed by atoms with Gasteiger partial charge in [0.05, 0.1) is 13.7 Å². The molecule has 0 bridgehead atoms. The lowest BCUT2D eigenvalue weighted by atomic mass is 10.3. The fraction of sp³-hybridized carbons (Fsp3) is 0.538. The lowest BCUT2D eigenvalue weighted by Crippen LogP contribution is -2.10. The first-order valence-electron chi connectivity index (χ1n) is 5.85. The summed E-state index contributed by atoms with van der Waals surface area (Å²) in [5, 5.41) is 0.598. The molecular formula is C13H21NO2S. The molecule has 0 radical (unpaired) electrons. The Balaban J connectivity index is 2.26. The molecule has 96 valence electrons. The van der Waals surface area contributed by atoms with Gasteiger partial charge in [0.1, 0.15) is 0 Å². The second kappa shape index (κ2) is 8.25. The van der Waals surface area contributed by atoms with Gasteiger partial charge in [0.2, 0.25) is 0 Å². The quantitative estimate of drug-likeness (QED) is 0.725. The van der Waals surface area contributed by atoms with E-state index in [2.05, 4.69) is 6.92 Å². The van der Waals surface area contributed by atoms with Gasteiger partial charge in [-0.2, -0.15) is 11.8 Å². The van der Waals surface area contributed by atoms with E-state index in [0.717, 1.165) is 30.2 Å². The Kier molecular flexibility index (Phi) is 6.89. The summed E-state index contributed by atoms with van der Waals surface area (Å²) in [6, 6.07) is 7.71. The van der Waals surface area contributed by atoms with Crippen molar-refractivity contribution in [3.8, 4) is 11.5 Å². The van der Waals surface area contributed by atoms with Gasteiger partial charge >= 0.3 is 0 Å². The monoisotopic (exact) mass is 255 g/mol. The molecule has 1 rings (SSSR count). The highest BCUT2D eigenvalue weighted by atomic mass is 32.2. The molecule has 0 heterocycles. The van der Waals surface area contributed by atoms with Crippen molar-refractivity contribution < 1.29 is 9.47 Å². The Morgan fingerprint density at radius 1 is 1.29 bits per heavy atom. The van der Waals surface area contributed by atoms with E-state index in [1.54, 1.807) is 7.11 Å². The number of benzene rings is 1. The first-order chi connectivity index (χ1) is 8.27. The summed E-state index contributed by atoms with van der Waals surface area (Å²) in [6.45, 7) is 3.64. The van der Waals surface area contributed by atoms with Crippen molar-refractivity contribution >= 4 is 11.8 Å². The Hall–Kier alpha value is -0.870. The molecule has 0 aliphatic rings. The van der Waals surface area contributed by atoms with Crippen LogP contribution in [0.3, 0.4) is 0 Å². The molecule has 0 saturated carbocycles. The van der Waals surface area contributed by atoms with Gasteiger partial charge in [0.15, 0.2) is 11.5 Å². The molecular weight excluding hydrogens is 234 g/mol. The van der Waals surface area contributed by atoms with Crippen LogP contribution in [0.1, 0.15) is 13.3 Å². The third-order valence-corrected chi connectivity index (χ3v) is 3.59. The standard InChI is InChI=1S/C13H21NO2S/c1-11(7-8-14)17-10-9-16-13-6-4-3-5-12(13)15-2/h3-6,11H,7-10,14H2,1-2H3. The smallest absolute Gasteiger partial charge is 0.161 e. The van der Waals surface area contributed by atoms with Crippen LogP contribution in [0.15, 0.2) is 24.3 Å². The van der Waals surface area contributed by atoms with E-state index in [9.17, 15) is 0 Å². The maximum Gasteiger partial charge on any atom is 0.161 e. The van der Waals surface area contributed by atoms with Gasteiger partial charge in [0.25, 0.3) is 0 Å². The number of para-hydroxylation sites is 2. The number of nitrogens with two attached hydrogens (primary N) is 1. The molecule has 0 amide bonds. The molecule has 1 unspecified atom stereocenters. The molecule has 0 spiro atoms. The van der Waals surface area contributed by atoms with Gasteiger partial charge in [0, 0.05) is 11.0 Å². The summed E-state index contributed by atoms with van der Waals surface area (Å²) in [4.78, 5) is 0. The number of methoxy groups -OCH3 is 1. The van der Waals surface area contributed by atoms with Crippen molar-refractivity contribution in [2.75, 3.05) is 26.0 Å². The van der Waals surface area contributed by atoms with E-state index >= 15 is 0 Å². The molecule has 4 heteroatoms. The highest BCUT2D eigenvalue weighted by molar-refractivity contribution is 7.99. The highest BCUT2D eigenvalue weighted by Crippen LogP contribution is 2.26. The largest absolute Gasteiger partial charge is 0.493 e. The number of hydrogen-bond donors (Lipinski definition) is 1. The minimum absolute atomic E-state index is 0.598. The van der Waals surface area contributed by atoms with Crippen LogP contribution >= 0.6 is 11.8 Å². The summed E-state index contributed by atoms with van der Waals surface area (Å²) in [6.07, 6.45) is 1.05. The van der Waals surface area contributed by atoms with Crippen LogP contribution in [-0.2, 0) is 0 Å². The first-order valence-corrected chi connectivity index (χ1v) is 6.90. The topological polar surface area (TPSA) is 44.5 Å². The number of ether oxygens (including phenoxy) is 2. The van der Waals surface area contributed by atoms with Crippen LogP contribution in [0.4, 0.5) is 0 Å². The van der Waals surface area contributed by atoms with Crippen molar-refractivity contribution in [3.63, 3.8) is 0 Å². The minimum atomic E-state index is 0.598. The van der Waals surface area contributed by atoms with Crippen LogP contribution < -0.4 is 15.2 Å². The third kappa shape index (κ3) is 5.33. The molecule has 0 aliphatic carbocycles. The fourth-order valence-corrected chi connectivity index (χ4v) is 2.34. The Morgan fingerprint density at radius 3 is 2.65 bits per heavy atom. The van der Waals surface area contributed by atoms with E-state index in [0.29, 0.717) is 11.9 Å². The minimum Gasteiger partial charge on any atom is -0.493 e. The predicted molar refractivity (Wildman–Crippen MR) is 74.1 cm³/mol. The van der Waals surface area contributed by atoms with Crippen LogP contribution in [0.5, 0.6) is 11.5 Å². The number of hydrogen-bond acceptors (Lipinski definition) is 4. The second-order valence-electron chi connectivity index (χ2n) is 3.76. The number of thioether (sulfide) groups is 1. The fourth-order valence-electron chi connectivity index (χ4n) is 1.46. The maximum atomic E-state index is 5.68. The van der Waals surface area contributed by atoms with Gasteiger partial charge in [-0.05, 0) is 25.1 Å². The van der Waals surface area contributed by atoms with Crippen molar-refractivity contribution in [3.05, 3.63) is 24.3 Å². The summed E-state index contributed by atoms with van der Waals surface area (Å²) in [7, 11) is 1.65. The van der Waals surface area contributed by atoms with E-state index in [-0.39, 0.29) is 0 Å². The van der Waals surface area contributed by atoms with Crippen LogP contribution in [0, 0.1) is 0 Å². The van der Waals surface area contributed by atoms with Gasteiger partial charge in [-0.15, -0.1) is 0 Å². The zero-order chi connectivity index (χ0) is 12.5. The van der Waals surface area contributed by atoms with Gasteiger partial charge in [-0.25, -0.2) is 0 Å². The molecule has 0 fully saturated rings. The summed E-state index contributed by atoms with van der Waals surface area (Å²) in [5.74, 6) is 2.56. The van der Waals surface area contributed by atoms with Crippen molar-refractivity contribution in [1.29, 1.82) is 0 Å². The summed E-state index contributed by atoms with van der Waals surface area (Å²) >= 11 is 1.89. The molecule has 1 aromatic carbocycles. The Bertz CT molecular complexity index is 320. The number of rotatable bonds is 8. The van der Waals surface area contributed by atoms with Crippen LogP contribution in [0.2, 0.25) is 0 Å². The molecule has 2 N–H and O–H groups in total. The highest BCUT2D eigenvalue weighted by Gasteiger charge is 2.04. The second-order valence-corrected chi connectivity index (χ2v) is 5.30. The molecule has 0 aliphatic heterocycles. The van der Waals surface area contributed by atoms with Gasteiger partial charge in [-0.1, -0.05) is 19.1 Å². The zero-order valence-corrected chi connectivity index (χ0v) is 11.3. The molecule has 1 atom stereocenters. The van der Waals surface area contributed by atoms with E-state index in [1.165, 1.54) is 0 Å². The normalized spacial score (nSPS) is 12.2. The first kappa shape index (κ1) is 14.2. The molecule has 0 saturated heterocycles. The van der Waals surface area contributed by atoms with Crippen molar-refractivity contribution in [2.24, 2.45) is 5.73 Å². The summed E-state index contributed by atoms with van der Waals surface area (Å²) in [5.41, 5.74) is 5.50. The SMILES string of the molecule is COc1ccccc1OCCSC(C)CCN. The van der Waals surface area contributed by atoms with Crippen molar-refractivity contribution in [1.82, 2.24) is 0 Å². The average molecular weight is 255 g/mol. The van der Waals surface area contributed by atoms with Crippen molar-refractivity contribution in [2.45, 2.75) is 18.6 Å².